The van der Waals surface area contributed by atoms with Crippen LogP contribution in [0.15, 0.2) is 76.1 Å². The van der Waals surface area contributed by atoms with Crippen molar-refractivity contribution in [3.63, 3.8) is 0 Å². The molecule has 39 heavy (non-hydrogen) atoms. The van der Waals surface area contributed by atoms with Crippen molar-refractivity contribution in [2.45, 2.75) is 26.1 Å². The van der Waals surface area contributed by atoms with Crippen LogP contribution in [0.4, 0.5) is 29.3 Å². The smallest absolute Gasteiger partial charge is 0.406 e. The number of nitrogens with one attached hydrogen (secondary N) is 2. The molecule has 3 aromatic carbocycles. The van der Waals surface area contributed by atoms with Crippen molar-refractivity contribution in [1.29, 1.82) is 0 Å². The van der Waals surface area contributed by atoms with E-state index in [0.29, 0.717) is 11.4 Å². The van der Waals surface area contributed by atoms with E-state index in [1.807, 2.05) is 42.5 Å². The van der Waals surface area contributed by atoms with Crippen LogP contribution in [0.25, 0.3) is 10.9 Å². The fourth-order valence-corrected chi connectivity index (χ4v) is 4.13. The number of nitrogens with zero attached hydrogens (tertiary/aromatic N) is 4. The van der Waals surface area contributed by atoms with Gasteiger partial charge in [0.25, 0.3) is 0 Å². The van der Waals surface area contributed by atoms with E-state index >= 15 is 0 Å². The third kappa shape index (κ3) is 7.60. The van der Waals surface area contributed by atoms with Crippen LogP contribution in [0.3, 0.4) is 0 Å². The Morgan fingerprint density at radius 1 is 1.08 bits per heavy atom. The van der Waals surface area contributed by atoms with Crippen molar-refractivity contribution in [2.24, 2.45) is 16.4 Å². The van der Waals surface area contributed by atoms with E-state index < -0.39 is 6.36 Å². The first-order chi connectivity index (χ1) is 18.6. The molecule has 12 heteroatoms. The second kappa shape index (κ2) is 12.0. The zero-order valence-electron chi connectivity index (χ0n) is 21.2. The van der Waals surface area contributed by atoms with Gasteiger partial charge >= 0.3 is 12.4 Å². The number of alkyl halides is 3. The van der Waals surface area contributed by atoms with Crippen LogP contribution in [0.1, 0.15) is 36.6 Å². The Bertz CT molecular complexity index is 1510. The maximum atomic E-state index is 12.3. The Morgan fingerprint density at radius 2 is 1.82 bits per heavy atom. The lowest BCUT2D eigenvalue weighted by Gasteiger charge is -2.13. The van der Waals surface area contributed by atoms with E-state index in [1.165, 1.54) is 24.3 Å². The summed E-state index contributed by atoms with van der Waals surface area (Å²) in [5.74, 6) is -0.0430. The minimum atomic E-state index is -4.74. The average Bonchev–Trinajstić information content (AvgIpc) is 3.20. The first-order valence-electron chi connectivity index (χ1n) is 11.8. The Balaban J connectivity index is 1.37. The molecule has 0 fully saturated rings. The van der Waals surface area contributed by atoms with Crippen molar-refractivity contribution in [3.8, 4) is 5.75 Å². The van der Waals surface area contributed by atoms with Gasteiger partial charge in [-0.25, -0.2) is 9.19 Å². The first-order valence-corrected chi connectivity index (χ1v) is 12.6. The molecule has 4 aromatic rings. The van der Waals surface area contributed by atoms with E-state index in [-0.39, 0.29) is 17.7 Å². The Kier molecular flexibility index (Phi) is 8.55. The quantitative estimate of drug-likeness (QED) is 0.179. The lowest BCUT2D eigenvalue weighted by molar-refractivity contribution is -0.274. The summed E-state index contributed by atoms with van der Waals surface area (Å²) in [6, 6.07) is 18.1. The summed E-state index contributed by atoms with van der Waals surface area (Å²) >= 11 is 0.907. The van der Waals surface area contributed by atoms with Crippen LogP contribution < -0.4 is 14.8 Å². The summed E-state index contributed by atoms with van der Waals surface area (Å²) in [4.78, 5) is 16.6. The minimum Gasteiger partial charge on any atom is -0.406 e. The molecule has 2 amide bonds. The van der Waals surface area contributed by atoms with Crippen molar-refractivity contribution < 1.29 is 22.7 Å². The summed E-state index contributed by atoms with van der Waals surface area (Å²) in [5.41, 5.74) is 4.48. The molecule has 1 aromatic heterocycles. The molecule has 0 aliphatic carbocycles. The molecule has 1 heterocycles. The highest BCUT2D eigenvalue weighted by atomic mass is 32.2. The molecule has 0 radical (unpaired) electrons. The molecule has 8 nitrogen and oxygen atoms in total. The van der Waals surface area contributed by atoms with Gasteiger partial charge in [-0.3, -0.25) is 14.4 Å². The molecule has 0 bridgehead atoms. The van der Waals surface area contributed by atoms with Crippen molar-refractivity contribution in [3.05, 3.63) is 83.6 Å². The number of amides is 2. The van der Waals surface area contributed by atoms with Crippen molar-refractivity contribution >= 4 is 52.9 Å². The van der Waals surface area contributed by atoms with Crippen molar-refractivity contribution in [1.82, 2.24) is 14.5 Å². The predicted octanol–water partition coefficient (Wildman–Crippen LogP) is 7.15. The summed E-state index contributed by atoms with van der Waals surface area (Å²) < 4.78 is 49.4. The number of halogens is 3. The number of hydrogen-bond acceptors (Lipinski definition) is 6. The van der Waals surface area contributed by atoms with Crippen LogP contribution in [0.5, 0.6) is 5.75 Å². The molecule has 0 saturated carbocycles. The van der Waals surface area contributed by atoms with Crippen LogP contribution in [0, 0.1) is 0 Å². The number of carbonyl (C=O) groups excluding carboxylic acids is 1. The summed E-state index contributed by atoms with van der Waals surface area (Å²) in [7, 11) is 1.79. The first kappa shape index (κ1) is 27.7. The monoisotopic (exact) mass is 554 g/mol. The van der Waals surface area contributed by atoms with E-state index in [1.54, 1.807) is 24.2 Å². The van der Waals surface area contributed by atoms with E-state index in [0.717, 1.165) is 39.9 Å². The number of urea groups is 1. The maximum Gasteiger partial charge on any atom is 0.573 e. The number of hydrogen-bond donors (Lipinski definition) is 2. The van der Waals surface area contributed by atoms with Crippen LogP contribution >= 0.6 is 12.1 Å². The standard InChI is InChI=1S/C27H25F3N6O2S/c1-17(2)21-6-4-5-7-23(21)33-26(37)35-39-32-15-18-8-13-22-24(34-36(3)25(22)14-18)16-31-19-9-11-20(12-10-19)38-27(28,29)30/h4-17H,1-3H3,(H2,33,35,37)/b31-16+,32-15+. The topological polar surface area (TPSA) is 92.9 Å². The summed E-state index contributed by atoms with van der Waals surface area (Å²) in [6.07, 6.45) is -1.57. The normalized spacial score (nSPS) is 12.1. The second-order valence-corrected chi connectivity index (χ2v) is 9.31. The predicted molar refractivity (Wildman–Crippen MR) is 149 cm³/mol. The summed E-state index contributed by atoms with van der Waals surface area (Å²) in [5, 5.41) is 8.15. The molecule has 0 aliphatic heterocycles. The molecular weight excluding hydrogens is 529 g/mol. The highest BCUT2D eigenvalue weighted by Gasteiger charge is 2.30. The molecule has 0 aliphatic rings. The fourth-order valence-electron chi connectivity index (χ4n) is 3.76. The zero-order valence-corrected chi connectivity index (χ0v) is 22.0. The number of aromatic nitrogens is 2. The Morgan fingerprint density at radius 3 is 2.54 bits per heavy atom. The Hall–Kier alpha value is -4.32. The van der Waals surface area contributed by atoms with E-state index in [2.05, 4.69) is 43.1 Å². The third-order valence-corrected chi connectivity index (χ3v) is 6.02. The van der Waals surface area contributed by atoms with Gasteiger partial charge in [0.05, 0.1) is 29.6 Å². The van der Waals surface area contributed by atoms with Gasteiger partial charge in [0, 0.05) is 24.3 Å². The van der Waals surface area contributed by atoms with E-state index in [4.69, 9.17) is 0 Å². The van der Waals surface area contributed by atoms with Gasteiger partial charge in [0.1, 0.15) is 11.4 Å². The average molecular weight is 555 g/mol. The molecule has 202 valence electrons. The Labute approximate surface area is 227 Å². The van der Waals surface area contributed by atoms with Crippen LogP contribution in [0.2, 0.25) is 0 Å². The lowest BCUT2D eigenvalue weighted by Crippen LogP contribution is -2.23. The molecular formula is C27H25F3N6O2S. The third-order valence-electron chi connectivity index (χ3n) is 5.53. The molecule has 0 spiro atoms. The maximum absolute atomic E-state index is 12.3. The molecule has 0 saturated heterocycles. The molecule has 2 N–H and O–H groups in total. The number of ether oxygens (including phenoxy) is 1. The van der Waals surface area contributed by atoms with Gasteiger partial charge in [0.2, 0.25) is 0 Å². The van der Waals surface area contributed by atoms with Gasteiger partial charge in [-0.2, -0.15) is 5.10 Å². The van der Waals surface area contributed by atoms with Gasteiger partial charge in [-0.15, -0.1) is 13.2 Å². The highest BCUT2D eigenvalue weighted by molar-refractivity contribution is 7.96. The molecule has 4 rings (SSSR count). The summed E-state index contributed by atoms with van der Waals surface area (Å²) in [6.45, 7) is 4.12. The lowest BCUT2D eigenvalue weighted by atomic mass is 10.0. The number of aliphatic imine (C=N–C) groups is 1. The SMILES string of the molecule is CC(C)c1ccccc1NC(=O)NS/N=C/c1ccc2c(/C=N/c3ccc(OC(F)(F)F)cc3)nn(C)c2c1. The second-order valence-electron chi connectivity index (χ2n) is 8.71. The number of para-hydroxylation sites is 1. The van der Waals surface area contributed by atoms with Gasteiger partial charge < -0.3 is 10.1 Å². The van der Waals surface area contributed by atoms with Gasteiger partial charge in [-0.05, 0) is 59.5 Å². The van der Waals surface area contributed by atoms with Gasteiger partial charge in [0.15, 0.2) is 0 Å². The van der Waals surface area contributed by atoms with E-state index in [9.17, 15) is 18.0 Å². The highest BCUT2D eigenvalue weighted by Crippen LogP contribution is 2.26. The fraction of sp³-hybridized carbons (Fsp3) is 0.185. The zero-order chi connectivity index (χ0) is 28.0. The number of aryl methyl sites for hydroxylation is 1. The molecule has 0 unspecified atom stereocenters. The number of fused-ring (bicyclic) bond motifs is 1. The van der Waals surface area contributed by atoms with Crippen LogP contribution in [-0.2, 0) is 7.05 Å². The van der Waals surface area contributed by atoms with Gasteiger partial charge in [-0.1, -0.05) is 38.1 Å². The minimum absolute atomic E-state index is 0.272. The number of anilines is 1. The molecule has 0 atom stereocenters. The largest absolute Gasteiger partial charge is 0.573 e. The number of benzene rings is 3. The van der Waals surface area contributed by atoms with Crippen LogP contribution in [-0.4, -0.2) is 34.6 Å². The number of rotatable bonds is 8. The van der Waals surface area contributed by atoms with Crippen molar-refractivity contribution in [2.75, 3.05) is 5.32 Å². The number of carbonyl (C=O) groups is 1.